The molecule has 0 fully saturated rings. The zero-order valence-electron chi connectivity index (χ0n) is 9.13. The molecule has 0 saturated heterocycles. The summed E-state index contributed by atoms with van der Waals surface area (Å²) in [7, 11) is 0. The third-order valence-electron chi connectivity index (χ3n) is 2.60. The number of aromatic nitrogens is 2. The van der Waals surface area contributed by atoms with Gasteiger partial charge in [0.15, 0.2) is 0 Å². The summed E-state index contributed by atoms with van der Waals surface area (Å²) in [6.07, 6.45) is 3.59. The van der Waals surface area contributed by atoms with Gasteiger partial charge in [-0.05, 0) is 17.7 Å². The van der Waals surface area contributed by atoms with Crippen LogP contribution < -0.4 is 5.73 Å². The van der Waals surface area contributed by atoms with Crippen molar-refractivity contribution in [3.8, 4) is 10.6 Å². The van der Waals surface area contributed by atoms with E-state index < -0.39 is 0 Å². The van der Waals surface area contributed by atoms with E-state index in [1.165, 1.54) is 0 Å². The number of benzene rings is 1. The lowest BCUT2D eigenvalue weighted by molar-refractivity contribution is 1.07. The van der Waals surface area contributed by atoms with Gasteiger partial charge in [0.2, 0.25) is 0 Å². The Balaban J connectivity index is 2.13. The summed E-state index contributed by atoms with van der Waals surface area (Å²) in [4.78, 5) is 8.65. The van der Waals surface area contributed by atoms with E-state index >= 15 is 0 Å². The van der Waals surface area contributed by atoms with E-state index in [1.807, 2.05) is 18.2 Å². The molecule has 0 amide bonds. The molecule has 0 radical (unpaired) electrons. The third-order valence-corrected chi connectivity index (χ3v) is 3.68. The fraction of sp³-hybridized carbons (Fsp3) is 0.0769. The van der Waals surface area contributed by atoms with Crippen LogP contribution in [0.15, 0.2) is 42.7 Å². The monoisotopic (exact) mass is 241 g/mol. The van der Waals surface area contributed by atoms with E-state index in [2.05, 4.69) is 22.1 Å². The smallest absolute Gasteiger partial charge is 0.124 e. The van der Waals surface area contributed by atoms with Crippen molar-refractivity contribution in [3.05, 3.63) is 48.3 Å². The number of thiazole rings is 1. The molecule has 0 aliphatic heterocycles. The molecule has 0 saturated carbocycles. The minimum atomic E-state index is 0.556. The van der Waals surface area contributed by atoms with Crippen molar-refractivity contribution in [1.29, 1.82) is 0 Å². The van der Waals surface area contributed by atoms with Crippen LogP contribution in [0.25, 0.3) is 20.8 Å². The van der Waals surface area contributed by atoms with Gasteiger partial charge < -0.3 is 5.73 Å². The Morgan fingerprint density at radius 1 is 1.24 bits per heavy atom. The minimum Gasteiger partial charge on any atom is -0.326 e. The number of pyridine rings is 1. The molecular weight excluding hydrogens is 230 g/mol. The molecule has 0 spiro atoms. The highest BCUT2D eigenvalue weighted by Gasteiger charge is 2.06. The predicted octanol–water partition coefficient (Wildman–Crippen LogP) is 2.82. The second-order valence-electron chi connectivity index (χ2n) is 3.77. The van der Waals surface area contributed by atoms with Crippen molar-refractivity contribution in [3.63, 3.8) is 0 Å². The van der Waals surface area contributed by atoms with Crippen molar-refractivity contribution in [1.82, 2.24) is 9.97 Å². The lowest BCUT2D eigenvalue weighted by Crippen LogP contribution is -1.95. The van der Waals surface area contributed by atoms with Gasteiger partial charge in [0, 0.05) is 18.3 Å². The van der Waals surface area contributed by atoms with Crippen LogP contribution in [0.4, 0.5) is 0 Å². The van der Waals surface area contributed by atoms with E-state index in [9.17, 15) is 0 Å². The molecule has 84 valence electrons. The van der Waals surface area contributed by atoms with Crippen LogP contribution >= 0.6 is 11.3 Å². The van der Waals surface area contributed by atoms with Gasteiger partial charge in [0.1, 0.15) is 10.5 Å². The molecule has 3 rings (SSSR count). The fourth-order valence-corrected chi connectivity index (χ4v) is 2.66. The summed E-state index contributed by atoms with van der Waals surface area (Å²) in [5.74, 6) is 0. The van der Waals surface area contributed by atoms with E-state index in [0.29, 0.717) is 6.54 Å². The maximum absolute atomic E-state index is 5.64. The average Bonchev–Trinajstić information content (AvgIpc) is 2.82. The van der Waals surface area contributed by atoms with Gasteiger partial charge in [-0.2, -0.15) is 0 Å². The van der Waals surface area contributed by atoms with Crippen LogP contribution in [-0.4, -0.2) is 9.97 Å². The maximum Gasteiger partial charge on any atom is 0.124 e. The first-order valence-corrected chi connectivity index (χ1v) is 6.18. The molecule has 3 aromatic rings. The summed E-state index contributed by atoms with van der Waals surface area (Å²) in [6.45, 7) is 0.556. The van der Waals surface area contributed by atoms with Crippen molar-refractivity contribution in [2.75, 3.05) is 0 Å². The van der Waals surface area contributed by atoms with Gasteiger partial charge in [-0.1, -0.05) is 18.2 Å². The topological polar surface area (TPSA) is 51.8 Å². The number of hydrogen-bond donors (Lipinski definition) is 1. The van der Waals surface area contributed by atoms with E-state index in [-0.39, 0.29) is 0 Å². The first kappa shape index (κ1) is 10.4. The molecule has 0 unspecified atom stereocenters. The fourth-order valence-electron chi connectivity index (χ4n) is 1.73. The number of rotatable bonds is 2. The number of nitrogens with two attached hydrogens (primary N) is 1. The standard InChI is InChI=1S/C13H11N3S/c14-7-9-2-1-3-10(6-9)13-16-11-8-15-5-4-12(11)17-13/h1-6,8H,7,14H2. The van der Waals surface area contributed by atoms with Gasteiger partial charge in [0.05, 0.1) is 10.9 Å². The van der Waals surface area contributed by atoms with E-state index in [4.69, 9.17) is 5.73 Å². The molecular formula is C13H11N3S. The molecule has 0 atom stereocenters. The summed E-state index contributed by atoms with van der Waals surface area (Å²) < 4.78 is 1.16. The first-order chi connectivity index (χ1) is 8.36. The second kappa shape index (κ2) is 4.24. The van der Waals surface area contributed by atoms with Crippen LogP contribution in [0, 0.1) is 0 Å². The van der Waals surface area contributed by atoms with Crippen LogP contribution in [-0.2, 0) is 6.54 Å². The Morgan fingerprint density at radius 2 is 2.18 bits per heavy atom. The van der Waals surface area contributed by atoms with Crippen LogP contribution in [0.3, 0.4) is 0 Å². The van der Waals surface area contributed by atoms with Gasteiger partial charge in [0.25, 0.3) is 0 Å². The Hall–Kier alpha value is -1.78. The van der Waals surface area contributed by atoms with Crippen molar-refractivity contribution >= 4 is 21.6 Å². The molecule has 1 aromatic carbocycles. The SMILES string of the molecule is NCc1cccc(-c2nc3cnccc3s2)c1. The molecule has 3 nitrogen and oxygen atoms in total. The normalized spacial score (nSPS) is 10.9. The van der Waals surface area contributed by atoms with Crippen molar-refractivity contribution in [2.24, 2.45) is 5.73 Å². The van der Waals surface area contributed by atoms with Crippen LogP contribution in [0.5, 0.6) is 0 Å². The largest absolute Gasteiger partial charge is 0.326 e. The molecule has 17 heavy (non-hydrogen) atoms. The van der Waals surface area contributed by atoms with Gasteiger partial charge in [-0.25, -0.2) is 4.98 Å². The summed E-state index contributed by atoms with van der Waals surface area (Å²) in [5.41, 5.74) is 8.84. The van der Waals surface area contributed by atoms with Gasteiger partial charge >= 0.3 is 0 Å². The van der Waals surface area contributed by atoms with Gasteiger partial charge in [-0.3, -0.25) is 4.98 Å². The minimum absolute atomic E-state index is 0.556. The quantitative estimate of drug-likeness (QED) is 0.750. The highest BCUT2D eigenvalue weighted by atomic mass is 32.1. The van der Waals surface area contributed by atoms with Crippen molar-refractivity contribution in [2.45, 2.75) is 6.54 Å². The lowest BCUT2D eigenvalue weighted by Gasteiger charge is -1.99. The molecule has 0 bridgehead atoms. The average molecular weight is 241 g/mol. The Kier molecular flexibility index (Phi) is 2.59. The third kappa shape index (κ3) is 1.92. The van der Waals surface area contributed by atoms with Crippen molar-refractivity contribution < 1.29 is 0 Å². The molecule has 2 N–H and O–H groups in total. The highest BCUT2D eigenvalue weighted by molar-refractivity contribution is 7.21. The van der Waals surface area contributed by atoms with Gasteiger partial charge in [-0.15, -0.1) is 11.3 Å². The van der Waals surface area contributed by atoms with Crippen LogP contribution in [0.1, 0.15) is 5.56 Å². The summed E-state index contributed by atoms with van der Waals surface area (Å²) in [5, 5.41) is 1.02. The summed E-state index contributed by atoms with van der Waals surface area (Å²) >= 11 is 1.68. The summed E-state index contributed by atoms with van der Waals surface area (Å²) in [6, 6.07) is 10.2. The van der Waals surface area contributed by atoms with E-state index in [0.717, 1.165) is 26.4 Å². The number of fused-ring (bicyclic) bond motifs is 1. The Morgan fingerprint density at radius 3 is 3.00 bits per heavy atom. The predicted molar refractivity (Wildman–Crippen MR) is 70.7 cm³/mol. The first-order valence-electron chi connectivity index (χ1n) is 5.37. The molecule has 0 aliphatic carbocycles. The number of nitrogens with zero attached hydrogens (tertiary/aromatic N) is 2. The Bertz CT molecular complexity index is 627. The van der Waals surface area contributed by atoms with Crippen LogP contribution in [0.2, 0.25) is 0 Å². The Labute approximate surface area is 103 Å². The second-order valence-corrected chi connectivity index (χ2v) is 4.80. The molecule has 2 aromatic heterocycles. The molecule has 2 heterocycles. The highest BCUT2D eigenvalue weighted by Crippen LogP contribution is 2.29. The zero-order chi connectivity index (χ0) is 11.7. The number of hydrogen-bond acceptors (Lipinski definition) is 4. The van der Waals surface area contributed by atoms with E-state index in [1.54, 1.807) is 23.7 Å². The molecule has 4 heteroatoms. The maximum atomic E-state index is 5.64. The molecule has 0 aliphatic rings. The lowest BCUT2D eigenvalue weighted by atomic mass is 10.1. The zero-order valence-corrected chi connectivity index (χ0v) is 9.95.